The smallest absolute Gasteiger partial charge is 0.251 e. The third-order valence-corrected chi connectivity index (χ3v) is 7.66. The van der Waals surface area contributed by atoms with Gasteiger partial charge in [-0.05, 0) is 57.9 Å². The molecule has 0 fully saturated rings. The zero-order valence-electron chi connectivity index (χ0n) is 13.7. The molecule has 27 heavy (non-hydrogen) atoms. The highest BCUT2D eigenvalue weighted by atomic mass is 79.9. The Balaban J connectivity index is 1.89. The first-order valence-corrected chi connectivity index (χ1v) is 11.6. The Bertz CT molecular complexity index is 1040. The van der Waals surface area contributed by atoms with Crippen LogP contribution in [0.4, 0.5) is 5.69 Å². The second-order valence-electron chi connectivity index (χ2n) is 5.52. The van der Waals surface area contributed by atoms with Crippen LogP contribution in [0.2, 0.25) is 0 Å². The van der Waals surface area contributed by atoms with Crippen LogP contribution < -0.4 is 10.0 Å². The summed E-state index contributed by atoms with van der Waals surface area (Å²) >= 11 is 7.67. The van der Waals surface area contributed by atoms with Crippen molar-refractivity contribution in [3.05, 3.63) is 80.6 Å². The monoisotopic (exact) mass is 528 g/mol. The third kappa shape index (κ3) is 5.26. The number of carbonyl (C=O) groups is 1. The van der Waals surface area contributed by atoms with Gasteiger partial charge < -0.3 is 5.32 Å². The zero-order chi connectivity index (χ0) is 19.4. The van der Waals surface area contributed by atoms with Crippen molar-refractivity contribution in [2.45, 2.75) is 10.3 Å². The molecule has 0 radical (unpaired) electrons. The summed E-state index contributed by atoms with van der Waals surface area (Å²) in [7, 11) is -3.86. The summed E-state index contributed by atoms with van der Waals surface area (Å²) in [5.41, 5.74) is 1.12. The van der Waals surface area contributed by atoms with E-state index in [2.05, 4.69) is 41.9 Å². The maximum absolute atomic E-state index is 12.9. The molecule has 1 heterocycles. The van der Waals surface area contributed by atoms with Gasteiger partial charge in [0.25, 0.3) is 10.0 Å². The molecule has 1 aromatic heterocycles. The second-order valence-corrected chi connectivity index (χ2v) is 10.8. The number of amides is 1. The molecule has 0 aliphatic carbocycles. The van der Waals surface area contributed by atoms with Crippen molar-refractivity contribution in [1.82, 2.24) is 4.72 Å². The van der Waals surface area contributed by atoms with Gasteiger partial charge in [-0.3, -0.25) is 4.79 Å². The van der Waals surface area contributed by atoms with E-state index in [1.54, 1.807) is 60.7 Å². The number of anilines is 1. The van der Waals surface area contributed by atoms with Crippen LogP contribution in [0, 0.1) is 0 Å². The van der Waals surface area contributed by atoms with E-state index < -0.39 is 22.0 Å². The molecule has 0 saturated carbocycles. The van der Waals surface area contributed by atoms with Crippen LogP contribution in [0.1, 0.15) is 11.6 Å². The fourth-order valence-electron chi connectivity index (χ4n) is 2.32. The Morgan fingerprint density at radius 3 is 2.19 bits per heavy atom. The topological polar surface area (TPSA) is 75.3 Å². The van der Waals surface area contributed by atoms with E-state index in [9.17, 15) is 13.2 Å². The molecule has 140 valence electrons. The SMILES string of the molecule is O=C(Nc1ccc(Br)cc1)[C@@H](NS(=O)(=O)c1ccc(Br)s1)c1ccccc1. The first kappa shape index (κ1) is 20.2. The van der Waals surface area contributed by atoms with Crippen molar-refractivity contribution >= 4 is 64.8 Å². The van der Waals surface area contributed by atoms with E-state index in [4.69, 9.17) is 0 Å². The molecule has 3 rings (SSSR count). The van der Waals surface area contributed by atoms with Crippen molar-refractivity contribution in [2.75, 3.05) is 5.32 Å². The Morgan fingerprint density at radius 2 is 1.59 bits per heavy atom. The number of sulfonamides is 1. The minimum Gasteiger partial charge on any atom is -0.324 e. The summed E-state index contributed by atoms with van der Waals surface area (Å²) in [5.74, 6) is -0.470. The molecule has 1 amide bonds. The molecule has 3 aromatic rings. The minimum absolute atomic E-state index is 0.131. The molecule has 0 aliphatic rings. The number of halogens is 2. The summed E-state index contributed by atoms with van der Waals surface area (Å²) in [5, 5.41) is 2.75. The maximum atomic E-state index is 12.9. The van der Waals surface area contributed by atoms with E-state index in [1.165, 1.54) is 6.07 Å². The molecular formula is C18H14Br2N2O3S2. The lowest BCUT2D eigenvalue weighted by molar-refractivity contribution is -0.117. The molecule has 5 nitrogen and oxygen atoms in total. The van der Waals surface area contributed by atoms with Crippen LogP contribution in [-0.2, 0) is 14.8 Å². The predicted octanol–water partition coefficient (Wildman–Crippen LogP) is 4.93. The lowest BCUT2D eigenvalue weighted by Gasteiger charge is -2.18. The summed E-state index contributed by atoms with van der Waals surface area (Å²) in [6.45, 7) is 0. The van der Waals surface area contributed by atoms with Gasteiger partial charge >= 0.3 is 0 Å². The number of thiophene rings is 1. The van der Waals surface area contributed by atoms with Gasteiger partial charge in [0.1, 0.15) is 10.3 Å². The molecule has 9 heteroatoms. The molecule has 0 saturated heterocycles. The van der Waals surface area contributed by atoms with Gasteiger partial charge in [-0.1, -0.05) is 46.3 Å². The Labute approximate surface area is 178 Å². The number of hydrogen-bond acceptors (Lipinski definition) is 4. The van der Waals surface area contributed by atoms with E-state index in [1.807, 2.05) is 0 Å². The normalized spacial score (nSPS) is 12.5. The van der Waals surface area contributed by atoms with Gasteiger partial charge in [0, 0.05) is 10.2 Å². The second kappa shape index (κ2) is 8.66. The third-order valence-electron chi connectivity index (χ3n) is 3.59. The lowest BCUT2D eigenvalue weighted by atomic mass is 10.1. The van der Waals surface area contributed by atoms with Gasteiger partial charge in [0.15, 0.2) is 0 Å². The van der Waals surface area contributed by atoms with Crippen molar-refractivity contribution in [2.24, 2.45) is 0 Å². The highest BCUT2D eigenvalue weighted by Gasteiger charge is 2.28. The Morgan fingerprint density at radius 1 is 0.926 bits per heavy atom. The first-order chi connectivity index (χ1) is 12.8. The van der Waals surface area contributed by atoms with Crippen molar-refractivity contribution < 1.29 is 13.2 Å². The summed E-state index contributed by atoms with van der Waals surface area (Å²) in [6.07, 6.45) is 0. The Hall–Kier alpha value is -1.52. The lowest BCUT2D eigenvalue weighted by Crippen LogP contribution is -2.36. The molecule has 2 aromatic carbocycles. The van der Waals surface area contributed by atoms with Crippen molar-refractivity contribution in [1.29, 1.82) is 0 Å². The van der Waals surface area contributed by atoms with Crippen LogP contribution in [0.25, 0.3) is 0 Å². The molecule has 0 bridgehead atoms. The average Bonchev–Trinajstić information content (AvgIpc) is 3.10. The van der Waals surface area contributed by atoms with Gasteiger partial charge in [-0.2, -0.15) is 4.72 Å². The van der Waals surface area contributed by atoms with E-state index in [0.29, 0.717) is 15.0 Å². The highest BCUT2D eigenvalue weighted by molar-refractivity contribution is 9.11. The number of nitrogens with one attached hydrogen (secondary N) is 2. The highest BCUT2D eigenvalue weighted by Crippen LogP contribution is 2.28. The Kier molecular flexibility index (Phi) is 6.48. The summed E-state index contributed by atoms with van der Waals surface area (Å²) in [4.78, 5) is 12.9. The quantitative estimate of drug-likeness (QED) is 0.475. The fourth-order valence-corrected chi connectivity index (χ4v) is 5.80. The van der Waals surface area contributed by atoms with Crippen LogP contribution in [0.15, 0.2) is 79.2 Å². The number of benzene rings is 2. The van der Waals surface area contributed by atoms with Gasteiger partial charge in [-0.25, -0.2) is 8.42 Å². The zero-order valence-corrected chi connectivity index (χ0v) is 18.5. The van der Waals surface area contributed by atoms with E-state index in [-0.39, 0.29) is 4.21 Å². The largest absolute Gasteiger partial charge is 0.324 e. The average molecular weight is 530 g/mol. The summed E-state index contributed by atoms with van der Waals surface area (Å²) < 4.78 is 29.7. The maximum Gasteiger partial charge on any atom is 0.251 e. The van der Waals surface area contributed by atoms with Crippen molar-refractivity contribution in [3.63, 3.8) is 0 Å². The number of rotatable bonds is 6. The fraction of sp³-hybridized carbons (Fsp3) is 0.0556. The molecule has 0 aliphatic heterocycles. The molecular weight excluding hydrogens is 516 g/mol. The molecule has 2 N–H and O–H groups in total. The van der Waals surface area contributed by atoms with Gasteiger partial charge in [0.2, 0.25) is 5.91 Å². The van der Waals surface area contributed by atoms with Crippen LogP contribution in [0.5, 0.6) is 0 Å². The summed E-state index contributed by atoms with van der Waals surface area (Å²) in [6, 6.07) is 17.8. The van der Waals surface area contributed by atoms with Gasteiger partial charge in [-0.15, -0.1) is 11.3 Å². The van der Waals surface area contributed by atoms with Crippen LogP contribution >= 0.6 is 43.2 Å². The van der Waals surface area contributed by atoms with E-state index >= 15 is 0 Å². The number of carbonyl (C=O) groups excluding carboxylic acids is 1. The van der Waals surface area contributed by atoms with Crippen molar-refractivity contribution in [3.8, 4) is 0 Å². The minimum atomic E-state index is -3.86. The van der Waals surface area contributed by atoms with Gasteiger partial charge in [0.05, 0.1) is 3.79 Å². The standard InChI is InChI=1S/C18H14Br2N2O3S2/c19-13-6-8-14(9-7-13)21-18(23)17(12-4-2-1-3-5-12)22-27(24,25)16-11-10-15(20)26-16/h1-11,17,22H,(H,21,23)/t17-/m0/s1. The molecule has 1 atom stereocenters. The van der Waals surface area contributed by atoms with E-state index in [0.717, 1.165) is 15.8 Å². The van der Waals surface area contributed by atoms with Crippen LogP contribution in [-0.4, -0.2) is 14.3 Å². The molecule has 0 unspecified atom stereocenters. The van der Waals surface area contributed by atoms with Crippen LogP contribution in [0.3, 0.4) is 0 Å². The first-order valence-electron chi connectivity index (χ1n) is 7.74. The number of hydrogen-bond donors (Lipinski definition) is 2. The molecule has 0 spiro atoms. The predicted molar refractivity (Wildman–Crippen MR) is 114 cm³/mol.